The molecule has 0 aromatic carbocycles. The van der Waals surface area contributed by atoms with Crippen LogP contribution in [0.15, 0.2) is 6.07 Å². The molecule has 6 heteroatoms. The van der Waals surface area contributed by atoms with E-state index < -0.39 is 0 Å². The predicted molar refractivity (Wildman–Crippen MR) is 81.3 cm³/mol. The zero-order chi connectivity index (χ0) is 15.2. The lowest BCUT2D eigenvalue weighted by molar-refractivity contribution is 0.0816. The van der Waals surface area contributed by atoms with Gasteiger partial charge in [0.05, 0.1) is 6.10 Å². The van der Waals surface area contributed by atoms with E-state index in [4.69, 9.17) is 0 Å². The fraction of sp³-hybridized carbons (Fsp3) is 0.733. The number of amides is 1. The highest BCUT2D eigenvalue weighted by atomic mass is 16.3. The van der Waals surface area contributed by atoms with Gasteiger partial charge >= 0.3 is 0 Å². The smallest absolute Gasteiger partial charge is 0.271 e. The summed E-state index contributed by atoms with van der Waals surface area (Å²) in [7, 11) is 0. The van der Waals surface area contributed by atoms with Crippen molar-refractivity contribution in [3.8, 4) is 0 Å². The van der Waals surface area contributed by atoms with Crippen LogP contribution < -0.4 is 5.32 Å². The van der Waals surface area contributed by atoms with Crippen molar-refractivity contribution in [3.05, 3.63) is 17.5 Å². The number of nitrogens with zero attached hydrogens (tertiary/aromatic N) is 2. The van der Waals surface area contributed by atoms with E-state index in [-0.39, 0.29) is 12.0 Å². The summed E-state index contributed by atoms with van der Waals surface area (Å²) in [5.41, 5.74) is 1.44. The standard InChI is InChI=1S/C15H26N4O2/c1-11(2)13-10-14(18-17-13)15(21)16-6-3-7-19-8-4-12(20)5-9-19/h10-12,20H,3-9H2,1-2H3,(H,16,21)(H,17,18). The van der Waals surface area contributed by atoms with Crippen molar-refractivity contribution in [1.29, 1.82) is 0 Å². The minimum absolute atomic E-state index is 0.118. The zero-order valence-corrected chi connectivity index (χ0v) is 12.9. The van der Waals surface area contributed by atoms with Gasteiger partial charge in [-0.1, -0.05) is 13.8 Å². The van der Waals surface area contributed by atoms with Crippen LogP contribution in [0.3, 0.4) is 0 Å². The first-order valence-corrected chi connectivity index (χ1v) is 7.80. The summed E-state index contributed by atoms with van der Waals surface area (Å²) < 4.78 is 0. The van der Waals surface area contributed by atoms with E-state index in [1.165, 1.54) is 0 Å². The maximum absolute atomic E-state index is 11.9. The van der Waals surface area contributed by atoms with E-state index in [2.05, 4.69) is 34.3 Å². The van der Waals surface area contributed by atoms with Gasteiger partial charge in [-0.2, -0.15) is 5.10 Å². The summed E-state index contributed by atoms with van der Waals surface area (Å²) in [4.78, 5) is 14.3. The monoisotopic (exact) mass is 294 g/mol. The van der Waals surface area contributed by atoms with Crippen molar-refractivity contribution >= 4 is 5.91 Å². The number of rotatable bonds is 6. The molecule has 1 aliphatic heterocycles. The molecule has 1 aromatic heterocycles. The van der Waals surface area contributed by atoms with Gasteiger partial charge in [0, 0.05) is 25.3 Å². The SMILES string of the molecule is CC(C)c1cc(C(=O)NCCCN2CCC(O)CC2)n[nH]1. The molecule has 1 fully saturated rings. The molecule has 0 spiro atoms. The molecule has 21 heavy (non-hydrogen) atoms. The van der Waals surface area contributed by atoms with Crippen molar-refractivity contribution in [2.24, 2.45) is 0 Å². The molecule has 1 aromatic rings. The van der Waals surface area contributed by atoms with Crippen LogP contribution in [-0.2, 0) is 0 Å². The zero-order valence-electron chi connectivity index (χ0n) is 12.9. The van der Waals surface area contributed by atoms with Gasteiger partial charge in [0.2, 0.25) is 0 Å². The topological polar surface area (TPSA) is 81.2 Å². The van der Waals surface area contributed by atoms with Crippen LogP contribution in [0.5, 0.6) is 0 Å². The molecule has 0 radical (unpaired) electrons. The number of aromatic nitrogens is 2. The Morgan fingerprint density at radius 2 is 2.24 bits per heavy atom. The Balaban J connectivity index is 1.65. The molecule has 6 nitrogen and oxygen atoms in total. The maximum atomic E-state index is 11.9. The largest absolute Gasteiger partial charge is 0.393 e. The lowest BCUT2D eigenvalue weighted by atomic mass is 10.1. The van der Waals surface area contributed by atoms with Gasteiger partial charge in [-0.15, -0.1) is 0 Å². The highest BCUT2D eigenvalue weighted by Gasteiger charge is 2.16. The number of hydrogen-bond acceptors (Lipinski definition) is 4. The Bertz CT molecular complexity index is 450. The van der Waals surface area contributed by atoms with Gasteiger partial charge in [0.15, 0.2) is 0 Å². The average Bonchev–Trinajstić information content (AvgIpc) is 2.95. The number of hydrogen-bond donors (Lipinski definition) is 3. The van der Waals surface area contributed by atoms with Gasteiger partial charge in [-0.3, -0.25) is 9.89 Å². The maximum Gasteiger partial charge on any atom is 0.271 e. The predicted octanol–water partition coefficient (Wildman–Crippen LogP) is 1.11. The Morgan fingerprint density at radius 3 is 2.86 bits per heavy atom. The fourth-order valence-electron chi connectivity index (χ4n) is 2.49. The number of carbonyl (C=O) groups excluding carboxylic acids is 1. The Labute approximate surface area is 125 Å². The van der Waals surface area contributed by atoms with Crippen LogP contribution in [0.25, 0.3) is 0 Å². The lowest BCUT2D eigenvalue weighted by Crippen LogP contribution is -2.37. The van der Waals surface area contributed by atoms with Crippen molar-refractivity contribution in [2.75, 3.05) is 26.2 Å². The molecule has 118 valence electrons. The molecule has 0 aliphatic carbocycles. The molecule has 0 unspecified atom stereocenters. The van der Waals surface area contributed by atoms with E-state index >= 15 is 0 Å². The molecular formula is C15H26N4O2. The summed E-state index contributed by atoms with van der Waals surface area (Å²) in [6.07, 6.45) is 2.51. The minimum Gasteiger partial charge on any atom is -0.393 e. The van der Waals surface area contributed by atoms with Crippen molar-refractivity contribution in [1.82, 2.24) is 20.4 Å². The third kappa shape index (κ3) is 4.82. The summed E-state index contributed by atoms with van der Waals surface area (Å²) >= 11 is 0. The minimum atomic E-state index is -0.129. The third-order valence-corrected chi connectivity index (χ3v) is 3.95. The summed E-state index contributed by atoms with van der Waals surface area (Å²) in [6, 6.07) is 1.81. The summed E-state index contributed by atoms with van der Waals surface area (Å²) in [6.45, 7) is 7.64. The second-order valence-corrected chi connectivity index (χ2v) is 6.05. The molecule has 2 rings (SSSR count). The van der Waals surface area contributed by atoms with Crippen molar-refractivity contribution in [2.45, 2.75) is 45.1 Å². The van der Waals surface area contributed by atoms with Gasteiger partial charge in [0.25, 0.3) is 5.91 Å². The molecule has 1 amide bonds. The van der Waals surface area contributed by atoms with Gasteiger partial charge in [-0.25, -0.2) is 0 Å². The van der Waals surface area contributed by atoms with Crippen molar-refractivity contribution in [3.63, 3.8) is 0 Å². The second-order valence-electron chi connectivity index (χ2n) is 6.05. The molecule has 1 aliphatic rings. The van der Waals surface area contributed by atoms with E-state index in [1.54, 1.807) is 0 Å². The van der Waals surface area contributed by atoms with Crippen LogP contribution >= 0.6 is 0 Å². The fourth-order valence-corrected chi connectivity index (χ4v) is 2.49. The highest BCUT2D eigenvalue weighted by Crippen LogP contribution is 2.12. The van der Waals surface area contributed by atoms with E-state index in [0.29, 0.717) is 18.2 Å². The van der Waals surface area contributed by atoms with Gasteiger partial charge in [0.1, 0.15) is 5.69 Å². The molecular weight excluding hydrogens is 268 g/mol. The van der Waals surface area contributed by atoms with Crippen molar-refractivity contribution < 1.29 is 9.90 Å². The Hall–Kier alpha value is -1.40. The number of aliphatic hydroxyl groups is 1. The van der Waals surface area contributed by atoms with E-state index in [1.807, 2.05) is 6.07 Å². The lowest BCUT2D eigenvalue weighted by Gasteiger charge is -2.29. The van der Waals surface area contributed by atoms with Crippen LogP contribution in [0.4, 0.5) is 0 Å². The molecule has 2 heterocycles. The molecule has 1 saturated heterocycles. The molecule has 0 saturated carbocycles. The summed E-state index contributed by atoms with van der Waals surface area (Å²) in [5.74, 6) is 0.223. The number of aromatic amines is 1. The number of nitrogens with one attached hydrogen (secondary N) is 2. The first kappa shape index (κ1) is 16.0. The number of piperidine rings is 1. The van der Waals surface area contributed by atoms with Crippen LogP contribution in [0.1, 0.15) is 55.2 Å². The average molecular weight is 294 g/mol. The van der Waals surface area contributed by atoms with Gasteiger partial charge in [-0.05, 0) is 37.8 Å². The molecule has 0 bridgehead atoms. The summed E-state index contributed by atoms with van der Waals surface area (Å²) in [5, 5.41) is 19.3. The number of likely N-dealkylation sites (tertiary alicyclic amines) is 1. The third-order valence-electron chi connectivity index (χ3n) is 3.95. The van der Waals surface area contributed by atoms with Crippen LogP contribution in [-0.4, -0.2) is 58.4 Å². The molecule has 0 atom stereocenters. The first-order valence-electron chi connectivity index (χ1n) is 7.80. The quantitative estimate of drug-likeness (QED) is 0.687. The Morgan fingerprint density at radius 1 is 1.52 bits per heavy atom. The Kier molecular flexibility index (Phi) is 5.76. The second kappa shape index (κ2) is 7.56. The van der Waals surface area contributed by atoms with Crippen LogP contribution in [0.2, 0.25) is 0 Å². The van der Waals surface area contributed by atoms with E-state index in [9.17, 15) is 9.90 Å². The highest BCUT2D eigenvalue weighted by molar-refractivity contribution is 5.92. The van der Waals surface area contributed by atoms with E-state index in [0.717, 1.165) is 44.6 Å². The number of aliphatic hydroxyl groups excluding tert-OH is 1. The van der Waals surface area contributed by atoms with Crippen LogP contribution in [0, 0.1) is 0 Å². The van der Waals surface area contributed by atoms with Gasteiger partial charge < -0.3 is 15.3 Å². The first-order chi connectivity index (χ1) is 10.1. The normalized spacial score (nSPS) is 17.3. The molecule has 3 N–H and O–H groups in total. The number of carbonyl (C=O) groups is 1. The number of H-pyrrole nitrogens is 1.